The zero-order chi connectivity index (χ0) is 16.1. The van der Waals surface area contributed by atoms with E-state index in [1.807, 2.05) is 0 Å². The van der Waals surface area contributed by atoms with E-state index in [1.165, 1.54) is 24.4 Å². The van der Waals surface area contributed by atoms with Gasteiger partial charge in [-0.25, -0.2) is 15.0 Å². The predicted octanol–water partition coefficient (Wildman–Crippen LogP) is 0.540. The number of carboxylic acid groups (broad SMARTS) is 1. The van der Waals surface area contributed by atoms with Crippen LogP contribution in [0.5, 0.6) is 0 Å². The summed E-state index contributed by atoms with van der Waals surface area (Å²) in [5.74, 6) is -1.64. The maximum absolute atomic E-state index is 11.8. The van der Waals surface area contributed by atoms with E-state index in [0.717, 1.165) is 0 Å². The van der Waals surface area contributed by atoms with Crippen molar-refractivity contribution in [2.24, 2.45) is 5.10 Å². The molecule has 0 atom stereocenters. The Hall–Kier alpha value is -3.29. The first-order valence-electron chi connectivity index (χ1n) is 6.20. The number of carbonyl (C=O) groups excluding carboxylic acids is 1. The van der Waals surface area contributed by atoms with Crippen molar-refractivity contribution in [3.05, 3.63) is 63.3 Å². The van der Waals surface area contributed by atoms with Crippen molar-refractivity contribution in [2.75, 3.05) is 0 Å². The van der Waals surface area contributed by atoms with Crippen LogP contribution in [-0.4, -0.2) is 33.2 Å². The van der Waals surface area contributed by atoms with Crippen LogP contribution in [0.3, 0.4) is 0 Å². The first-order valence-corrected chi connectivity index (χ1v) is 6.20. The zero-order valence-electron chi connectivity index (χ0n) is 11.5. The summed E-state index contributed by atoms with van der Waals surface area (Å²) in [6.45, 7) is 1.63. The molecule has 0 unspecified atom stereocenters. The third kappa shape index (κ3) is 3.85. The third-order valence-corrected chi connectivity index (χ3v) is 2.65. The fourth-order valence-electron chi connectivity index (χ4n) is 1.63. The van der Waals surface area contributed by atoms with Crippen LogP contribution in [0.2, 0.25) is 0 Å². The Labute approximate surface area is 124 Å². The second-order valence-electron chi connectivity index (χ2n) is 4.38. The number of carboxylic acids is 1. The highest BCUT2D eigenvalue weighted by Crippen LogP contribution is 2.02. The summed E-state index contributed by atoms with van der Waals surface area (Å²) in [6, 6.07) is 7.37. The van der Waals surface area contributed by atoms with E-state index in [-0.39, 0.29) is 11.3 Å². The lowest BCUT2D eigenvalue weighted by atomic mass is 10.1. The number of benzene rings is 1. The molecule has 0 saturated heterocycles. The van der Waals surface area contributed by atoms with E-state index in [0.29, 0.717) is 11.3 Å². The number of aromatic amines is 1. The lowest BCUT2D eigenvalue weighted by molar-refractivity contribution is 0.0696. The summed E-state index contributed by atoms with van der Waals surface area (Å²) in [7, 11) is 0. The smallest absolute Gasteiger partial charge is 0.345 e. The Bertz CT molecular complexity index is 793. The second-order valence-corrected chi connectivity index (χ2v) is 4.38. The predicted molar refractivity (Wildman–Crippen MR) is 78.1 cm³/mol. The van der Waals surface area contributed by atoms with Crippen molar-refractivity contribution >= 4 is 18.1 Å². The van der Waals surface area contributed by atoms with Gasteiger partial charge in [0.2, 0.25) is 0 Å². The van der Waals surface area contributed by atoms with Gasteiger partial charge < -0.3 is 10.1 Å². The van der Waals surface area contributed by atoms with Gasteiger partial charge in [0.05, 0.1) is 11.8 Å². The van der Waals surface area contributed by atoms with Crippen LogP contribution in [0.25, 0.3) is 0 Å². The summed E-state index contributed by atoms with van der Waals surface area (Å²) in [5, 5.41) is 12.5. The van der Waals surface area contributed by atoms with Gasteiger partial charge in [0.25, 0.3) is 5.91 Å². The lowest BCUT2D eigenvalue weighted by Gasteiger charge is -2.00. The topological polar surface area (TPSA) is 125 Å². The standard InChI is InChI=1S/C14H12N4O4/c1-8-6-11(17-14(22)16-8)12(19)18-15-7-9-2-4-10(5-3-9)13(20)21/h2-7H,1H3,(H,18,19)(H,20,21)(H,16,17,22)/b15-7+. The number of hydrogen-bond donors (Lipinski definition) is 3. The fourth-order valence-corrected chi connectivity index (χ4v) is 1.63. The van der Waals surface area contributed by atoms with Crippen molar-refractivity contribution in [2.45, 2.75) is 6.92 Å². The van der Waals surface area contributed by atoms with Crippen LogP contribution >= 0.6 is 0 Å². The average Bonchev–Trinajstić information content (AvgIpc) is 2.46. The largest absolute Gasteiger partial charge is 0.478 e. The van der Waals surface area contributed by atoms with Crippen molar-refractivity contribution < 1.29 is 14.7 Å². The summed E-state index contributed by atoms with van der Waals surface area (Å²) < 4.78 is 0. The molecule has 1 aromatic carbocycles. The molecule has 0 bridgehead atoms. The minimum absolute atomic E-state index is 0.0420. The molecule has 3 N–H and O–H groups in total. The highest BCUT2D eigenvalue weighted by atomic mass is 16.4. The molecule has 0 aliphatic heterocycles. The van der Waals surface area contributed by atoms with Gasteiger partial charge in [-0.1, -0.05) is 12.1 Å². The normalized spacial score (nSPS) is 10.6. The highest BCUT2D eigenvalue weighted by molar-refractivity contribution is 5.93. The second kappa shape index (κ2) is 6.44. The molecule has 1 aromatic heterocycles. The van der Waals surface area contributed by atoms with Crippen LogP contribution in [0, 0.1) is 6.92 Å². The highest BCUT2D eigenvalue weighted by Gasteiger charge is 2.07. The Balaban J connectivity index is 2.03. The van der Waals surface area contributed by atoms with Gasteiger partial charge in [-0.3, -0.25) is 4.79 Å². The molecule has 2 rings (SSSR count). The molecular weight excluding hydrogens is 288 g/mol. The van der Waals surface area contributed by atoms with Crippen LogP contribution in [0.1, 0.15) is 32.1 Å². The molecule has 112 valence electrons. The van der Waals surface area contributed by atoms with Gasteiger partial charge in [-0.2, -0.15) is 10.1 Å². The first-order chi connectivity index (χ1) is 10.5. The first kappa shape index (κ1) is 15.1. The number of aromatic carboxylic acids is 1. The Kier molecular flexibility index (Phi) is 4.42. The molecule has 1 heterocycles. The van der Waals surface area contributed by atoms with Gasteiger partial charge in [0, 0.05) is 5.69 Å². The Morgan fingerprint density at radius 2 is 2.00 bits per heavy atom. The van der Waals surface area contributed by atoms with Gasteiger partial charge in [-0.05, 0) is 30.7 Å². The quantitative estimate of drug-likeness (QED) is 0.561. The number of nitrogens with one attached hydrogen (secondary N) is 2. The van der Waals surface area contributed by atoms with E-state index in [1.54, 1.807) is 19.1 Å². The number of aromatic nitrogens is 2. The van der Waals surface area contributed by atoms with Crippen molar-refractivity contribution in [3.8, 4) is 0 Å². The average molecular weight is 300 g/mol. The molecule has 0 saturated carbocycles. The van der Waals surface area contributed by atoms with Gasteiger partial charge in [-0.15, -0.1) is 0 Å². The molecule has 1 amide bonds. The number of rotatable bonds is 4. The van der Waals surface area contributed by atoms with Crippen molar-refractivity contribution in [3.63, 3.8) is 0 Å². The van der Waals surface area contributed by atoms with Gasteiger partial charge in [0.15, 0.2) is 0 Å². The number of H-pyrrole nitrogens is 1. The van der Waals surface area contributed by atoms with Crippen LogP contribution in [0.15, 0.2) is 40.2 Å². The Morgan fingerprint density at radius 1 is 1.32 bits per heavy atom. The van der Waals surface area contributed by atoms with E-state index in [2.05, 4.69) is 20.5 Å². The van der Waals surface area contributed by atoms with Crippen LogP contribution in [0.4, 0.5) is 0 Å². The maximum Gasteiger partial charge on any atom is 0.345 e. The number of amides is 1. The third-order valence-electron chi connectivity index (χ3n) is 2.65. The zero-order valence-corrected chi connectivity index (χ0v) is 11.5. The molecule has 0 radical (unpaired) electrons. The molecule has 0 aliphatic rings. The molecule has 22 heavy (non-hydrogen) atoms. The summed E-state index contributed by atoms with van der Waals surface area (Å²) in [5.41, 5.74) is 2.86. The number of hydrazone groups is 1. The van der Waals surface area contributed by atoms with Crippen molar-refractivity contribution in [1.29, 1.82) is 0 Å². The number of nitrogens with zero attached hydrogens (tertiary/aromatic N) is 2. The van der Waals surface area contributed by atoms with Crippen LogP contribution in [-0.2, 0) is 0 Å². The lowest BCUT2D eigenvalue weighted by Crippen LogP contribution is -2.24. The molecule has 0 spiro atoms. The molecule has 0 fully saturated rings. The molecule has 8 nitrogen and oxygen atoms in total. The minimum Gasteiger partial charge on any atom is -0.478 e. The Morgan fingerprint density at radius 3 is 2.59 bits per heavy atom. The van der Waals surface area contributed by atoms with E-state index in [4.69, 9.17) is 5.11 Å². The minimum atomic E-state index is -1.02. The van der Waals surface area contributed by atoms with E-state index in [9.17, 15) is 14.4 Å². The van der Waals surface area contributed by atoms with Gasteiger partial charge >= 0.3 is 11.7 Å². The van der Waals surface area contributed by atoms with Crippen molar-refractivity contribution in [1.82, 2.24) is 15.4 Å². The monoisotopic (exact) mass is 300 g/mol. The fraction of sp³-hybridized carbons (Fsp3) is 0.0714. The molecular formula is C14H12N4O4. The van der Waals surface area contributed by atoms with Gasteiger partial charge in [0.1, 0.15) is 5.69 Å². The summed E-state index contributed by atoms with van der Waals surface area (Å²) in [6.07, 6.45) is 1.35. The number of carbonyl (C=O) groups is 2. The van der Waals surface area contributed by atoms with E-state index >= 15 is 0 Å². The van der Waals surface area contributed by atoms with Crippen LogP contribution < -0.4 is 11.1 Å². The SMILES string of the molecule is Cc1cc(C(=O)N/N=C/c2ccc(C(=O)O)cc2)nc(=O)[nH]1. The molecule has 2 aromatic rings. The summed E-state index contributed by atoms with van der Waals surface area (Å²) >= 11 is 0. The molecule has 0 aliphatic carbocycles. The summed E-state index contributed by atoms with van der Waals surface area (Å²) in [4.78, 5) is 39.6. The maximum atomic E-state index is 11.8. The number of hydrogen-bond acceptors (Lipinski definition) is 5. The van der Waals surface area contributed by atoms with E-state index < -0.39 is 17.6 Å². The molecule has 8 heteroatoms. The number of aryl methyl sites for hydroxylation is 1.